The molecule has 28 heavy (non-hydrogen) atoms. The minimum atomic E-state index is -3.85. The highest BCUT2D eigenvalue weighted by molar-refractivity contribution is 7.89. The zero-order valence-electron chi connectivity index (χ0n) is 16.2. The maximum absolute atomic E-state index is 13.3. The number of carboxylic acids is 1. The Balaban J connectivity index is 2.03. The second kappa shape index (κ2) is 7.77. The van der Waals surface area contributed by atoms with Crippen LogP contribution >= 0.6 is 0 Å². The van der Waals surface area contributed by atoms with E-state index in [9.17, 15) is 18.3 Å². The predicted octanol–water partition coefficient (Wildman–Crippen LogP) is 3.21. The fraction of sp³-hybridized carbons (Fsp3) is 0.286. The highest BCUT2D eigenvalue weighted by Gasteiger charge is 2.36. The minimum absolute atomic E-state index is 0.0943. The molecule has 2 aromatic carbocycles. The molecule has 1 heterocycles. The first kappa shape index (κ1) is 20.1. The number of carboxylic acid groups (broad SMARTS) is 1. The van der Waals surface area contributed by atoms with Crippen molar-refractivity contribution in [3.63, 3.8) is 0 Å². The minimum Gasteiger partial charge on any atom is -0.478 e. The number of rotatable bonds is 5. The maximum Gasteiger partial charge on any atom is 0.332 e. The first-order valence-electron chi connectivity index (χ1n) is 8.98. The molecular weight excluding hydrogens is 376 g/mol. The van der Waals surface area contributed by atoms with Crippen LogP contribution in [-0.4, -0.2) is 44.4 Å². The van der Waals surface area contributed by atoms with Crippen LogP contribution in [-0.2, 0) is 14.8 Å². The molecule has 1 N–H and O–H groups in total. The molecule has 1 unspecified atom stereocenters. The summed E-state index contributed by atoms with van der Waals surface area (Å²) in [5.74, 6) is -1.09. The Morgan fingerprint density at radius 2 is 1.68 bits per heavy atom. The highest BCUT2D eigenvalue weighted by atomic mass is 32.2. The Morgan fingerprint density at radius 1 is 1.07 bits per heavy atom. The third-order valence-electron chi connectivity index (χ3n) is 4.96. The van der Waals surface area contributed by atoms with Crippen molar-refractivity contribution in [2.45, 2.75) is 24.3 Å². The second-order valence-electron chi connectivity index (χ2n) is 7.14. The van der Waals surface area contributed by atoms with Crippen LogP contribution in [0.2, 0.25) is 0 Å². The van der Waals surface area contributed by atoms with E-state index in [4.69, 9.17) is 0 Å². The van der Waals surface area contributed by atoms with Crippen molar-refractivity contribution in [2.75, 3.05) is 25.5 Å². The van der Waals surface area contributed by atoms with Crippen molar-refractivity contribution in [3.05, 3.63) is 71.3 Å². The number of carbonyl (C=O) groups is 1. The van der Waals surface area contributed by atoms with E-state index in [1.54, 1.807) is 30.3 Å². The molecule has 0 bridgehead atoms. The molecule has 3 rings (SSSR count). The van der Waals surface area contributed by atoms with Gasteiger partial charge in [0.05, 0.1) is 10.9 Å². The van der Waals surface area contributed by atoms with Gasteiger partial charge in [-0.05, 0) is 43.2 Å². The standard InChI is InChI=1S/C21H24N2O4S/c1-15-4-11-19(12-5-15)28(26,27)23-14-17(21(24)25)8-13-20(23)16-6-9-18(10-7-16)22(2)3/h4-12,20H,13-14H2,1-3H3,(H,24,25). The molecule has 0 aliphatic carbocycles. The van der Waals surface area contributed by atoms with Gasteiger partial charge < -0.3 is 10.0 Å². The van der Waals surface area contributed by atoms with Gasteiger partial charge in [0.1, 0.15) is 0 Å². The summed E-state index contributed by atoms with van der Waals surface area (Å²) < 4.78 is 27.9. The largest absolute Gasteiger partial charge is 0.478 e. The molecule has 0 amide bonds. The Bertz CT molecular complexity index is 994. The van der Waals surface area contributed by atoms with Crippen LogP contribution in [0.3, 0.4) is 0 Å². The molecule has 0 radical (unpaired) electrons. The lowest BCUT2D eigenvalue weighted by Crippen LogP contribution is -2.39. The average Bonchev–Trinajstić information content (AvgIpc) is 2.68. The van der Waals surface area contributed by atoms with Crippen LogP contribution in [0, 0.1) is 6.92 Å². The summed E-state index contributed by atoms with van der Waals surface area (Å²) in [7, 11) is 0.0221. The summed E-state index contributed by atoms with van der Waals surface area (Å²) in [4.78, 5) is 13.6. The number of anilines is 1. The lowest BCUT2D eigenvalue weighted by atomic mass is 9.98. The smallest absolute Gasteiger partial charge is 0.332 e. The number of sulfonamides is 1. The summed E-state index contributed by atoms with van der Waals surface area (Å²) in [5.41, 5.74) is 2.90. The van der Waals surface area contributed by atoms with Gasteiger partial charge in [0.25, 0.3) is 0 Å². The van der Waals surface area contributed by atoms with Gasteiger partial charge in [0.15, 0.2) is 0 Å². The zero-order valence-corrected chi connectivity index (χ0v) is 17.0. The quantitative estimate of drug-likeness (QED) is 0.834. The zero-order chi connectivity index (χ0) is 20.5. The third kappa shape index (κ3) is 3.95. The first-order valence-corrected chi connectivity index (χ1v) is 10.4. The van der Waals surface area contributed by atoms with Crippen molar-refractivity contribution in [1.29, 1.82) is 0 Å². The number of benzene rings is 2. The van der Waals surface area contributed by atoms with E-state index < -0.39 is 22.0 Å². The fourth-order valence-corrected chi connectivity index (χ4v) is 4.87. The summed E-state index contributed by atoms with van der Waals surface area (Å²) in [5, 5.41) is 9.39. The van der Waals surface area contributed by atoms with Gasteiger partial charge in [-0.3, -0.25) is 0 Å². The molecule has 1 atom stereocenters. The highest BCUT2D eigenvalue weighted by Crippen LogP contribution is 2.35. The molecule has 1 aliphatic heterocycles. The molecule has 6 nitrogen and oxygen atoms in total. The van der Waals surface area contributed by atoms with Crippen molar-refractivity contribution in [1.82, 2.24) is 4.31 Å². The first-order chi connectivity index (χ1) is 13.2. The molecule has 2 aromatic rings. The van der Waals surface area contributed by atoms with E-state index in [0.29, 0.717) is 6.42 Å². The predicted molar refractivity (Wildman–Crippen MR) is 109 cm³/mol. The lowest BCUT2D eigenvalue weighted by Gasteiger charge is -2.34. The Kier molecular flexibility index (Phi) is 5.58. The number of aliphatic carboxylic acids is 1. The van der Waals surface area contributed by atoms with Gasteiger partial charge >= 0.3 is 5.97 Å². The van der Waals surface area contributed by atoms with Crippen LogP contribution in [0.15, 0.2) is 65.1 Å². The number of aryl methyl sites for hydroxylation is 1. The average molecular weight is 401 g/mol. The fourth-order valence-electron chi connectivity index (χ4n) is 3.26. The van der Waals surface area contributed by atoms with Crippen LogP contribution in [0.25, 0.3) is 0 Å². The third-order valence-corrected chi connectivity index (χ3v) is 6.83. The van der Waals surface area contributed by atoms with Gasteiger partial charge in [0.2, 0.25) is 10.0 Å². The molecule has 0 fully saturated rings. The summed E-state index contributed by atoms with van der Waals surface area (Å²) in [6, 6.07) is 13.8. The van der Waals surface area contributed by atoms with Crippen LogP contribution in [0.4, 0.5) is 5.69 Å². The van der Waals surface area contributed by atoms with E-state index >= 15 is 0 Å². The SMILES string of the molecule is Cc1ccc(S(=O)(=O)N2CC(C(=O)O)=CCC2c2ccc(N(C)C)cc2)cc1. The van der Waals surface area contributed by atoms with Crippen LogP contribution < -0.4 is 4.90 Å². The van der Waals surface area contributed by atoms with Crippen molar-refractivity contribution >= 4 is 21.7 Å². The molecule has 0 saturated heterocycles. The van der Waals surface area contributed by atoms with Crippen molar-refractivity contribution in [3.8, 4) is 0 Å². The number of hydrogen-bond acceptors (Lipinski definition) is 4. The Labute approximate surface area is 165 Å². The van der Waals surface area contributed by atoms with E-state index in [0.717, 1.165) is 16.8 Å². The van der Waals surface area contributed by atoms with E-state index in [2.05, 4.69) is 0 Å². The second-order valence-corrected chi connectivity index (χ2v) is 9.03. The summed E-state index contributed by atoms with van der Waals surface area (Å²) in [6.45, 7) is 1.73. The molecule has 0 spiro atoms. The van der Waals surface area contributed by atoms with E-state index in [1.165, 1.54) is 4.31 Å². The molecule has 7 heteroatoms. The van der Waals surface area contributed by atoms with Crippen molar-refractivity contribution in [2.24, 2.45) is 0 Å². The van der Waals surface area contributed by atoms with Crippen LogP contribution in [0.1, 0.15) is 23.6 Å². The Hall–Kier alpha value is -2.64. The summed E-state index contributed by atoms with van der Waals surface area (Å²) in [6.07, 6.45) is 1.93. The van der Waals surface area contributed by atoms with E-state index in [-0.39, 0.29) is 17.0 Å². The van der Waals surface area contributed by atoms with Gasteiger partial charge in [0, 0.05) is 31.9 Å². The summed E-state index contributed by atoms with van der Waals surface area (Å²) >= 11 is 0. The van der Waals surface area contributed by atoms with Gasteiger partial charge in [-0.1, -0.05) is 35.9 Å². The normalized spacial score (nSPS) is 17.8. The molecule has 148 valence electrons. The monoisotopic (exact) mass is 400 g/mol. The van der Waals surface area contributed by atoms with Gasteiger partial charge in [-0.15, -0.1) is 0 Å². The van der Waals surface area contributed by atoms with Gasteiger partial charge in [-0.25, -0.2) is 13.2 Å². The van der Waals surface area contributed by atoms with Crippen molar-refractivity contribution < 1.29 is 18.3 Å². The topological polar surface area (TPSA) is 77.9 Å². The molecule has 0 saturated carbocycles. The molecular formula is C21H24N2O4S. The number of nitrogens with zero attached hydrogens (tertiary/aromatic N) is 2. The lowest BCUT2D eigenvalue weighted by molar-refractivity contribution is -0.133. The van der Waals surface area contributed by atoms with Crippen LogP contribution in [0.5, 0.6) is 0 Å². The number of hydrogen-bond donors (Lipinski definition) is 1. The van der Waals surface area contributed by atoms with E-state index in [1.807, 2.05) is 50.2 Å². The maximum atomic E-state index is 13.3. The molecule has 1 aliphatic rings. The molecule has 0 aromatic heterocycles. The van der Waals surface area contributed by atoms with Gasteiger partial charge in [-0.2, -0.15) is 4.31 Å². The Morgan fingerprint density at radius 3 is 2.21 bits per heavy atom.